The summed E-state index contributed by atoms with van der Waals surface area (Å²) in [5, 5.41) is 21.5. The lowest BCUT2D eigenvalue weighted by Crippen LogP contribution is -2.23. The Kier molecular flexibility index (Phi) is 7.53. The van der Waals surface area contributed by atoms with Crippen molar-refractivity contribution in [1.82, 2.24) is 4.98 Å². The van der Waals surface area contributed by atoms with Crippen molar-refractivity contribution in [2.75, 3.05) is 11.5 Å². The fourth-order valence-electron chi connectivity index (χ4n) is 3.13. The van der Waals surface area contributed by atoms with Crippen LogP contribution < -0.4 is 4.90 Å². The molecule has 0 saturated heterocycles. The highest BCUT2D eigenvalue weighted by Crippen LogP contribution is 2.27. The Morgan fingerprint density at radius 3 is 2.16 bits per heavy atom. The van der Waals surface area contributed by atoms with Crippen molar-refractivity contribution in [2.24, 2.45) is 0 Å². The van der Waals surface area contributed by atoms with E-state index in [-0.39, 0.29) is 17.9 Å². The van der Waals surface area contributed by atoms with Gasteiger partial charge in [-0.1, -0.05) is 60.7 Å². The van der Waals surface area contributed by atoms with Gasteiger partial charge in [-0.25, -0.2) is 9.78 Å². The van der Waals surface area contributed by atoms with Gasteiger partial charge in [0, 0.05) is 19.2 Å². The Bertz CT molecular complexity index is 1060. The first-order valence-electron chi connectivity index (χ1n) is 10.0. The highest BCUT2D eigenvalue weighted by atomic mass is 16.6. The van der Waals surface area contributed by atoms with Crippen LogP contribution in [-0.4, -0.2) is 27.6 Å². The molecule has 2 aromatic carbocycles. The van der Waals surface area contributed by atoms with Gasteiger partial charge in [0.25, 0.3) is 5.69 Å². The molecule has 0 unspecified atom stereocenters. The number of aliphatic hydroxyl groups is 1. The van der Waals surface area contributed by atoms with Crippen molar-refractivity contribution < 1.29 is 19.6 Å². The zero-order valence-corrected chi connectivity index (χ0v) is 17.5. The summed E-state index contributed by atoms with van der Waals surface area (Å²) in [4.78, 5) is 28.9. The first-order chi connectivity index (χ1) is 15.5. The topological polar surface area (TPSA) is 106 Å². The molecule has 0 bridgehead atoms. The van der Waals surface area contributed by atoms with Crippen LogP contribution in [0.1, 0.15) is 23.6 Å². The fraction of sp³-hybridized carbons (Fsp3) is 0.167. The number of hydrogen-bond acceptors (Lipinski definition) is 7. The first kappa shape index (κ1) is 22.5. The second-order valence-electron chi connectivity index (χ2n) is 6.94. The van der Waals surface area contributed by atoms with Crippen molar-refractivity contribution in [2.45, 2.75) is 20.0 Å². The molecule has 0 spiro atoms. The minimum absolute atomic E-state index is 0.0525. The molecule has 1 N–H and O–H groups in total. The lowest BCUT2D eigenvalue weighted by Gasteiger charge is -2.24. The number of carbonyl (C=O) groups excluding carboxylic acids is 1. The third kappa shape index (κ3) is 5.91. The van der Waals surface area contributed by atoms with Crippen molar-refractivity contribution in [3.05, 3.63) is 105 Å². The average Bonchev–Trinajstić information content (AvgIpc) is 2.80. The van der Waals surface area contributed by atoms with Crippen LogP contribution in [-0.2, 0) is 22.6 Å². The van der Waals surface area contributed by atoms with E-state index in [9.17, 15) is 20.0 Å². The first-order valence-corrected chi connectivity index (χ1v) is 10.0. The molecular formula is C24H23N3O5. The number of rotatable bonds is 9. The number of carbonyl (C=O) groups is 1. The predicted molar refractivity (Wildman–Crippen MR) is 121 cm³/mol. The molecule has 8 nitrogen and oxygen atoms in total. The summed E-state index contributed by atoms with van der Waals surface area (Å²) >= 11 is 0. The molecule has 0 atom stereocenters. The smallest absolute Gasteiger partial charge is 0.373 e. The molecule has 0 fully saturated rings. The number of ether oxygens (including phenoxy) is 1. The second-order valence-corrected chi connectivity index (χ2v) is 6.94. The number of aliphatic hydroxyl groups excluding tert-OH is 1. The van der Waals surface area contributed by atoms with E-state index in [4.69, 9.17) is 4.74 Å². The van der Waals surface area contributed by atoms with Gasteiger partial charge < -0.3 is 14.7 Å². The summed E-state index contributed by atoms with van der Waals surface area (Å²) in [6.07, 6.45) is 2.16. The Labute approximate surface area is 185 Å². The van der Waals surface area contributed by atoms with Crippen molar-refractivity contribution in [1.29, 1.82) is 0 Å². The van der Waals surface area contributed by atoms with E-state index < -0.39 is 16.7 Å². The van der Waals surface area contributed by atoms with Crippen LogP contribution in [0.15, 0.2) is 78.7 Å². The average molecular weight is 433 g/mol. The summed E-state index contributed by atoms with van der Waals surface area (Å²) in [7, 11) is 0. The van der Waals surface area contributed by atoms with E-state index in [1.165, 1.54) is 6.07 Å². The van der Waals surface area contributed by atoms with Gasteiger partial charge in [0.1, 0.15) is 12.0 Å². The number of nitrogens with zero attached hydrogens (tertiary/aromatic N) is 3. The highest BCUT2D eigenvalue weighted by Gasteiger charge is 2.20. The molecule has 32 heavy (non-hydrogen) atoms. The van der Waals surface area contributed by atoms with Gasteiger partial charge in [-0.2, -0.15) is 0 Å². The molecule has 1 heterocycles. The Hall–Kier alpha value is -4.20. The number of esters is 1. The van der Waals surface area contributed by atoms with Gasteiger partial charge in [-0.05, 0) is 24.1 Å². The van der Waals surface area contributed by atoms with Gasteiger partial charge in [0.2, 0.25) is 5.76 Å². The quantitative estimate of drug-likeness (QED) is 0.172. The summed E-state index contributed by atoms with van der Waals surface area (Å²) in [5.41, 5.74) is 1.80. The molecule has 0 aliphatic rings. The molecule has 3 rings (SSSR count). The predicted octanol–water partition coefficient (Wildman–Crippen LogP) is 4.66. The number of pyridine rings is 1. The molecule has 0 saturated carbocycles. The fourth-order valence-corrected chi connectivity index (χ4v) is 3.13. The maximum absolute atomic E-state index is 11.8. The van der Waals surface area contributed by atoms with Crippen LogP contribution in [0.4, 0.5) is 11.5 Å². The van der Waals surface area contributed by atoms with Crippen LogP contribution in [0.2, 0.25) is 0 Å². The molecule has 0 radical (unpaired) electrons. The lowest BCUT2D eigenvalue weighted by atomic mass is 10.1. The van der Waals surface area contributed by atoms with Crippen LogP contribution in [0.5, 0.6) is 0 Å². The maximum atomic E-state index is 11.8. The number of nitro groups is 1. The van der Waals surface area contributed by atoms with Crippen LogP contribution in [0.3, 0.4) is 0 Å². The standard InChI is InChI=1S/C24H23N3O5/c1-2-32-24(29)22(28)13-20-14-23(25-15-21(20)27(30)31)26(16-18-9-5-3-6-10-18)17-19-11-7-4-8-12-19/h3-15,28H,2,16-17H2,1H3. The van der Waals surface area contributed by atoms with Gasteiger partial charge in [-0.15, -0.1) is 0 Å². The summed E-state index contributed by atoms with van der Waals surface area (Å²) in [6, 6.07) is 21.0. The number of aromatic nitrogens is 1. The van der Waals surface area contributed by atoms with E-state index in [2.05, 4.69) is 4.98 Å². The van der Waals surface area contributed by atoms with Gasteiger partial charge >= 0.3 is 5.97 Å². The van der Waals surface area contributed by atoms with Crippen LogP contribution >= 0.6 is 0 Å². The molecular weight excluding hydrogens is 410 g/mol. The van der Waals surface area contributed by atoms with Gasteiger partial charge in [-0.3, -0.25) is 10.1 Å². The van der Waals surface area contributed by atoms with Crippen LogP contribution in [0, 0.1) is 10.1 Å². The SMILES string of the molecule is CCOC(=O)C(O)=Cc1cc(N(Cc2ccccc2)Cc2ccccc2)ncc1[N+](=O)[O-]. The van der Waals surface area contributed by atoms with E-state index in [0.717, 1.165) is 23.4 Å². The molecule has 0 amide bonds. The molecule has 3 aromatic rings. The molecule has 0 aliphatic carbocycles. The van der Waals surface area contributed by atoms with Crippen molar-refractivity contribution in [3.8, 4) is 0 Å². The van der Waals surface area contributed by atoms with Crippen LogP contribution in [0.25, 0.3) is 6.08 Å². The summed E-state index contributed by atoms with van der Waals surface area (Å²) in [6.45, 7) is 2.69. The van der Waals surface area contributed by atoms with E-state index in [0.29, 0.717) is 18.9 Å². The normalized spacial score (nSPS) is 11.1. The molecule has 164 valence electrons. The van der Waals surface area contributed by atoms with Gasteiger partial charge in [0.15, 0.2) is 0 Å². The third-order valence-electron chi connectivity index (χ3n) is 4.63. The van der Waals surface area contributed by atoms with E-state index in [1.807, 2.05) is 65.6 Å². The number of benzene rings is 2. The summed E-state index contributed by atoms with van der Waals surface area (Å²) in [5.74, 6) is -1.21. The Balaban J connectivity index is 2.02. The van der Waals surface area contributed by atoms with Crippen molar-refractivity contribution in [3.63, 3.8) is 0 Å². The Morgan fingerprint density at radius 2 is 1.66 bits per heavy atom. The minimum Gasteiger partial charge on any atom is -0.502 e. The van der Waals surface area contributed by atoms with E-state index in [1.54, 1.807) is 6.92 Å². The second kappa shape index (κ2) is 10.7. The maximum Gasteiger partial charge on any atom is 0.373 e. The molecule has 0 aliphatic heterocycles. The van der Waals surface area contributed by atoms with E-state index >= 15 is 0 Å². The Morgan fingerprint density at radius 1 is 1.09 bits per heavy atom. The monoisotopic (exact) mass is 433 g/mol. The van der Waals surface area contributed by atoms with Gasteiger partial charge in [0.05, 0.1) is 17.1 Å². The summed E-state index contributed by atoms with van der Waals surface area (Å²) < 4.78 is 4.76. The zero-order chi connectivity index (χ0) is 22.9. The lowest BCUT2D eigenvalue weighted by molar-refractivity contribution is -0.385. The van der Waals surface area contributed by atoms with Crippen molar-refractivity contribution >= 4 is 23.6 Å². The highest BCUT2D eigenvalue weighted by molar-refractivity contribution is 5.91. The number of hydrogen-bond donors (Lipinski definition) is 1. The third-order valence-corrected chi connectivity index (χ3v) is 4.63. The molecule has 8 heteroatoms. The minimum atomic E-state index is -0.953. The largest absolute Gasteiger partial charge is 0.502 e. The zero-order valence-electron chi connectivity index (χ0n) is 17.5. The number of anilines is 1. The molecule has 1 aromatic heterocycles.